The number of benzene rings is 1. The van der Waals surface area contributed by atoms with Gasteiger partial charge >= 0.3 is 0 Å². The van der Waals surface area contributed by atoms with Crippen molar-refractivity contribution in [1.82, 2.24) is 0 Å². The molecule has 0 aliphatic carbocycles. The Morgan fingerprint density at radius 2 is 1.67 bits per heavy atom. The van der Waals surface area contributed by atoms with Gasteiger partial charge in [-0.2, -0.15) is 0 Å². The number of anilines is 2. The van der Waals surface area contributed by atoms with Crippen LogP contribution in [0.4, 0.5) is 11.4 Å². The van der Waals surface area contributed by atoms with Gasteiger partial charge in [-0.1, -0.05) is 13.8 Å². The minimum Gasteiger partial charge on any atom is -0.394 e. The molecule has 6 nitrogen and oxygen atoms in total. The number of nitrogens with one attached hydrogen (secondary N) is 2. The van der Waals surface area contributed by atoms with Gasteiger partial charge in [-0.15, -0.1) is 0 Å². The van der Waals surface area contributed by atoms with E-state index in [2.05, 4.69) is 5.32 Å². The highest BCUT2D eigenvalue weighted by Crippen LogP contribution is 2.13. The molecule has 21 heavy (non-hydrogen) atoms. The normalized spacial score (nSPS) is 10.7. The van der Waals surface area contributed by atoms with Crippen molar-refractivity contribution < 1.29 is 15.1 Å². The van der Waals surface area contributed by atoms with Gasteiger partial charge in [0.05, 0.1) is 12.3 Å². The predicted octanol–water partition coefficient (Wildman–Crippen LogP) is 2.19. The van der Waals surface area contributed by atoms with E-state index in [9.17, 15) is 4.79 Å². The van der Waals surface area contributed by atoms with Crippen LogP contribution in [-0.4, -0.2) is 28.4 Å². The third-order valence-corrected chi connectivity index (χ3v) is 2.30. The van der Waals surface area contributed by atoms with Crippen molar-refractivity contribution >= 4 is 17.3 Å². The summed E-state index contributed by atoms with van der Waals surface area (Å²) in [6, 6.07) is 6.84. The Bertz CT molecular complexity index is 411. The van der Waals surface area contributed by atoms with Crippen LogP contribution in [0, 0.1) is 5.92 Å². The highest BCUT2D eigenvalue weighted by atomic mass is 16.5. The Balaban J connectivity index is 0.000000567. The molecular weight excluding hydrogens is 270 g/mol. The van der Waals surface area contributed by atoms with Crippen LogP contribution >= 0.6 is 0 Å². The van der Waals surface area contributed by atoms with Gasteiger partial charge in [0.15, 0.2) is 0 Å². The van der Waals surface area contributed by atoms with Gasteiger partial charge < -0.3 is 16.2 Å². The Hall–Kier alpha value is -1.63. The van der Waals surface area contributed by atoms with E-state index in [-0.39, 0.29) is 12.5 Å². The number of carbonyl (C=O) groups is 1. The fourth-order valence-electron chi connectivity index (χ4n) is 1.21. The molecule has 6 heteroatoms. The quantitative estimate of drug-likeness (QED) is 0.535. The summed E-state index contributed by atoms with van der Waals surface area (Å²) >= 11 is 0. The van der Waals surface area contributed by atoms with E-state index in [1.54, 1.807) is 38.1 Å². The maximum atomic E-state index is 11.4. The number of aliphatic hydroxyl groups is 1. The summed E-state index contributed by atoms with van der Waals surface area (Å²) in [5, 5.41) is 19.6. The number of aliphatic hydroxyl groups excluding tert-OH is 1. The van der Waals surface area contributed by atoms with Crippen molar-refractivity contribution in [3.63, 3.8) is 0 Å². The second kappa shape index (κ2) is 9.33. The van der Waals surface area contributed by atoms with Crippen LogP contribution < -0.4 is 16.5 Å². The van der Waals surface area contributed by atoms with E-state index in [4.69, 9.17) is 16.0 Å². The molecule has 1 aromatic carbocycles. The zero-order chi connectivity index (χ0) is 16.5. The molecule has 0 saturated heterocycles. The molecule has 120 valence electrons. The molecule has 1 aromatic rings. The van der Waals surface area contributed by atoms with Crippen molar-refractivity contribution in [3.8, 4) is 0 Å². The summed E-state index contributed by atoms with van der Waals surface area (Å²) in [5.41, 5.74) is 8.24. The lowest BCUT2D eigenvalue weighted by molar-refractivity contribution is -0.116. The molecule has 0 aromatic heterocycles. The van der Waals surface area contributed by atoms with Gasteiger partial charge in [0.2, 0.25) is 5.91 Å². The average Bonchev–Trinajstić information content (AvgIpc) is 2.38. The predicted molar refractivity (Wildman–Crippen MR) is 85.3 cm³/mol. The molecule has 0 unspecified atom stereocenters. The molecule has 0 fully saturated rings. The maximum absolute atomic E-state index is 11.4. The van der Waals surface area contributed by atoms with E-state index in [1.807, 2.05) is 19.3 Å². The molecule has 0 bridgehead atoms. The number of rotatable bonds is 5. The van der Waals surface area contributed by atoms with E-state index in [1.165, 1.54) is 0 Å². The molecule has 1 rings (SSSR count). The first-order chi connectivity index (χ1) is 9.67. The molecular formula is C15H27N3O3. The number of amides is 1. The van der Waals surface area contributed by atoms with Crippen LogP contribution in [0.15, 0.2) is 24.3 Å². The topological polar surface area (TPSA) is 108 Å². The van der Waals surface area contributed by atoms with Gasteiger partial charge in [-0.3, -0.25) is 15.5 Å². The first-order valence-electron chi connectivity index (χ1n) is 6.87. The number of hydrogen-bond donors (Lipinski definition) is 5. The zero-order valence-electron chi connectivity index (χ0n) is 13.2. The average molecular weight is 297 g/mol. The monoisotopic (exact) mass is 297 g/mol. The number of nitrogens with two attached hydrogens (primary N) is 1. The van der Waals surface area contributed by atoms with Crippen molar-refractivity contribution in [3.05, 3.63) is 24.3 Å². The lowest BCUT2D eigenvalue weighted by atomic mass is 10.1. The van der Waals surface area contributed by atoms with Crippen molar-refractivity contribution in [2.75, 3.05) is 17.4 Å². The Morgan fingerprint density at radius 1 is 1.24 bits per heavy atom. The first-order valence-corrected chi connectivity index (χ1v) is 6.87. The SMILES string of the molecule is CC(C)(N)CO.CC(C)CC(=O)Nc1ccc(NO)cc1. The Labute approximate surface area is 126 Å². The fourth-order valence-corrected chi connectivity index (χ4v) is 1.21. The third-order valence-electron chi connectivity index (χ3n) is 2.30. The molecule has 0 spiro atoms. The zero-order valence-corrected chi connectivity index (χ0v) is 13.2. The van der Waals surface area contributed by atoms with Crippen LogP contribution in [0.1, 0.15) is 34.1 Å². The summed E-state index contributed by atoms with van der Waals surface area (Å²) in [5.74, 6) is 0.359. The van der Waals surface area contributed by atoms with Crippen molar-refractivity contribution in [1.29, 1.82) is 0 Å². The fraction of sp³-hybridized carbons (Fsp3) is 0.533. The van der Waals surface area contributed by atoms with E-state index in [0.717, 1.165) is 5.69 Å². The lowest BCUT2D eigenvalue weighted by Gasteiger charge is -2.12. The summed E-state index contributed by atoms with van der Waals surface area (Å²) < 4.78 is 0. The minimum absolute atomic E-state index is 0.00899. The van der Waals surface area contributed by atoms with Crippen LogP contribution in [0.3, 0.4) is 0 Å². The second-order valence-corrected chi connectivity index (χ2v) is 5.98. The smallest absolute Gasteiger partial charge is 0.224 e. The summed E-state index contributed by atoms with van der Waals surface area (Å²) in [6.45, 7) is 7.59. The van der Waals surface area contributed by atoms with Gasteiger partial charge in [-0.05, 0) is 44.0 Å². The first kappa shape index (κ1) is 19.4. The molecule has 1 amide bonds. The maximum Gasteiger partial charge on any atom is 0.224 e. The van der Waals surface area contributed by atoms with Gasteiger partial charge in [-0.25, -0.2) is 0 Å². The lowest BCUT2D eigenvalue weighted by Crippen LogP contribution is -2.35. The van der Waals surface area contributed by atoms with Gasteiger partial charge in [0.25, 0.3) is 0 Å². The molecule has 6 N–H and O–H groups in total. The summed E-state index contributed by atoms with van der Waals surface area (Å²) in [7, 11) is 0. The van der Waals surface area contributed by atoms with E-state index < -0.39 is 5.54 Å². The summed E-state index contributed by atoms with van der Waals surface area (Å²) in [4.78, 5) is 11.4. The highest BCUT2D eigenvalue weighted by molar-refractivity contribution is 5.90. The van der Waals surface area contributed by atoms with Crippen LogP contribution in [0.5, 0.6) is 0 Å². The van der Waals surface area contributed by atoms with Crippen LogP contribution in [0.2, 0.25) is 0 Å². The second-order valence-electron chi connectivity index (χ2n) is 5.98. The number of hydrogen-bond acceptors (Lipinski definition) is 5. The summed E-state index contributed by atoms with van der Waals surface area (Å²) in [6.07, 6.45) is 0.514. The Morgan fingerprint density at radius 3 is 2.00 bits per heavy atom. The van der Waals surface area contributed by atoms with Crippen molar-refractivity contribution in [2.24, 2.45) is 11.7 Å². The van der Waals surface area contributed by atoms with Crippen LogP contribution in [-0.2, 0) is 4.79 Å². The molecule has 0 aliphatic heterocycles. The van der Waals surface area contributed by atoms with Gasteiger partial charge in [0, 0.05) is 17.6 Å². The minimum atomic E-state index is -0.403. The number of carbonyl (C=O) groups excluding carboxylic acids is 1. The largest absolute Gasteiger partial charge is 0.394 e. The molecule has 0 radical (unpaired) electrons. The van der Waals surface area contributed by atoms with E-state index in [0.29, 0.717) is 18.0 Å². The molecule has 0 saturated carbocycles. The van der Waals surface area contributed by atoms with Crippen LogP contribution in [0.25, 0.3) is 0 Å². The third kappa shape index (κ3) is 10.8. The molecule has 0 heterocycles. The van der Waals surface area contributed by atoms with E-state index >= 15 is 0 Å². The standard InChI is InChI=1S/C11H16N2O2.C4H11NO/c1-8(2)7-11(14)12-9-3-5-10(13-15)6-4-9;1-4(2,5)3-6/h3-6,8,13,15H,7H2,1-2H3,(H,12,14);6H,3,5H2,1-2H3. The van der Waals surface area contributed by atoms with Gasteiger partial charge in [0.1, 0.15) is 0 Å². The Kier molecular flexibility index (Phi) is 8.61. The van der Waals surface area contributed by atoms with Crippen molar-refractivity contribution in [2.45, 2.75) is 39.7 Å². The highest BCUT2D eigenvalue weighted by Gasteiger charge is 2.05. The molecule has 0 aliphatic rings. The molecule has 0 atom stereocenters.